The number of H-pyrrole nitrogens is 1. The lowest BCUT2D eigenvalue weighted by atomic mass is 10.0. The Kier molecular flexibility index (Phi) is 3.05. The first-order valence-corrected chi connectivity index (χ1v) is 6.02. The van der Waals surface area contributed by atoms with Gasteiger partial charge in [-0.2, -0.15) is 0 Å². The molecule has 17 heavy (non-hydrogen) atoms. The van der Waals surface area contributed by atoms with Crippen molar-refractivity contribution in [2.24, 2.45) is 0 Å². The molecule has 0 unspecified atom stereocenters. The monoisotopic (exact) mass is 234 g/mol. The lowest BCUT2D eigenvalue weighted by molar-refractivity contribution is 0.0906. The first kappa shape index (κ1) is 11.9. The summed E-state index contributed by atoms with van der Waals surface area (Å²) in [5, 5.41) is 2.97. The number of aromatic amines is 1. The zero-order valence-corrected chi connectivity index (χ0v) is 10.3. The van der Waals surface area contributed by atoms with E-state index in [1.54, 1.807) is 6.92 Å². The summed E-state index contributed by atoms with van der Waals surface area (Å²) >= 11 is 0. The van der Waals surface area contributed by atoms with Crippen LogP contribution in [0.1, 0.15) is 48.7 Å². The standard InChI is InChI=1S/C13H18N2O2/c1-9-7-11(16)10(8-14-9)12(17)15-13(2)5-3-4-6-13/h7-8H,3-6H2,1-2H3,(H,14,16)(H,15,17). The first-order valence-electron chi connectivity index (χ1n) is 6.02. The Morgan fingerprint density at radius 3 is 2.65 bits per heavy atom. The molecule has 2 rings (SSSR count). The number of hydrogen-bond donors (Lipinski definition) is 2. The van der Waals surface area contributed by atoms with Gasteiger partial charge in [0.2, 0.25) is 0 Å². The van der Waals surface area contributed by atoms with Crippen molar-refractivity contribution in [1.82, 2.24) is 10.3 Å². The van der Waals surface area contributed by atoms with Crippen LogP contribution < -0.4 is 10.7 Å². The summed E-state index contributed by atoms with van der Waals surface area (Å²) in [6.07, 6.45) is 5.75. The van der Waals surface area contributed by atoms with Crippen molar-refractivity contribution in [3.63, 3.8) is 0 Å². The largest absolute Gasteiger partial charge is 0.364 e. The fourth-order valence-electron chi connectivity index (χ4n) is 2.37. The third-order valence-corrected chi connectivity index (χ3v) is 3.42. The molecule has 4 nitrogen and oxygen atoms in total. The maximum absolute atomic E-state index is 12.0. The van der Waals surface area contributed by atoms with E-state index < -0.39 is 0 Å². The fourth-order valence-corrected chi connectivity index (χ4v) is 2.37. The lowest BCUT2D eigenvalue weighted by Gasteiger charge is -2.25. The molecule has 1 heterocycles. The topological polar surface area (TPSA) is 62.0 Å². The highest BCUT2D eigenvalue weighted by Gasteiger charge is 2.30. The molecule has 1 aromatic rings. The number of hydrogen-bond acceptors (Lipinski definition) is 2. The van der Waals surface area contributed by atoms with E-state index in [0.717, 1.165) is 31.4 Å². The molecule has 0 bridgehead atoms. The summed E-state index contributed by atoms with van der Waals surface area (Å²) < 4.78 is 0. The molecular weight excluding hydrogens is 216 g/mol. The van der Waals surface area contributed by atoms with E-state index in [1.165, 1.54) is 12.3 Å². The number of carbonyl (C=O) groups is 1. The predicted octanol–water partition coefficient (Wildman–Crippen LogP) is 1.75. The van der Waals surface area contributed by atoms with Gasteiger partial charge in [-0.1, -0.05) is 12.8 Å². The second kappa shape index (κ2) is 4.35. The molecule has 2 N–H and O–H groups in total. The fraction of sp³-hybridized carbons (Fsp3) is 0.538. The average Bonchev–Trinajstić information content (AvgIpc) is 2.64. The van der Waals surface area contributed by atoms with Crippen molar-refractivity contribution in [2.75, 3.05) is 0 Å². The Bertz CT molecular complexity index is 484. The molecule has 0 atom stereocenters. The molecule has 0 aliphatic heterocycles. The quantitative estimate of drug-likeness (QED) is 0.818. The summed E-state index contributed by atoms with van der Waals surface area (Å²) in [5.41, 5.74) is 0.594. The van der Waals surface area contributed by atoms with Gasteiger partial charge in [-0.25, -0.2) is 0 Å². The number of aryl methyl sites for hydroxylation is 1. The highest BCUT2D eigenvalue weighted by molar-refractivity contribution is 5.94. The van der Waals surface area contributed by atoms with E-state index in [2.05, 4.69) is 10.3 Å². The molecule has 4 heteroatoms. The van der Waals surface area contributed by atoms with Crippen molar-refractivity contribution >= 4 is 5.91 Å². The first-order chi connectivity index (χ1) is 8.00. The molecule has 0 saturated heterocycles. The second-order valence-electron chi connectivity index (χ2n) is 5.12. The number of rotatable bonds is 2. The molecule has 0 aromatic carbocycles. The molecule has 1 amide bonds. The number of nitrogens with one attached hydrogen (secondary N) is 2. The van der Waals surface area contributed by atoms with Gasteiger partial charge in [0.1, 0.15) is 5.56 Å². The summed E-state index contributed by atoms with van der Waals surface area (Å²) in [7, 11) is 0. The predicted molar refractivity (Wildman–Crippen MR) is 66.1 cm³/mol. The van der Waals surface area contributed by atoms with Gasteiger partial charge >= 0.3 is 0 Å². The van der Waals surface area contributed by atoms with Gasteiger partial charge in [0, 0.05) is 23.5 Å². The van der Waals surface area contributed by atoms with Gasteiger partial charge < -0.3 is 10.3 Å². The number of carbonyl (C=O) groups excluding carboxylic acids is 1. The number of aromatic nitrogens is 1. The molecule has 92 valence electrons. The van der Waals surface area contributed by atoms with Gasteiger partial charge in [-0.05, 0) is 26.7 Å². The summed E-state index contributed by atoms with van der Waals surface area (Å²) in [5.74, 6) is -0.268. The molecule has 1 saturated carbocycles. The maximum atomic E-state index is 12.0. The van der Waals surface area contributed by atoms with E-state index >= 15 is 0 Å². The molecule has 0 spiro atoms. The van der Waals surface area contributed by atoms with E-state index in [1.807, 2.05) is 6.92 Å². The van der Waals surface area contributed by atoms with Crippen LogP contribution >= 0.6 is 0 Å². The minimum atomic E-state index is -0.268. The molecule has 1 aliphatic rings. The van der Waals surface area contributed by atoms with Crippen molar-refractivity contribution in [2.45, 2.75) is 45.1 Å². The lowest BCUT2D eigenvalue weighted by Crippen LogP contribution is -2.45. The third-order valence-electron chi connectivity index (χ3n) is 3.42. The van der Waals surface area contributed by atoms with Crippen molar-refractivity contribution in [1.29, 1.82) is 0 Å². The summed E-state index contributed by atoms with van der Waals surface area (Å²) in [4.78, 5) is 26.6. The van der Waals surface area contributed by atoms with Crippen LogP contribution in [0.3, 0.4) is 0 Å². The number of pyridine rings is 1. The smallest absolute Gasteiger partial charge is 0.257 e. The summed E-state index contributed by atoms with van der Waals surface area (Å²) in [6, 6.07) is 1.45. The zero-order valence-electron chi connectivity index (χ0n) is 10.3. The normalized spacial score (nSPS) is 18.0. The average molecular weight is 234 g/mol. The van der Waals surface area contributed by atoms with Gasteiger partial charge in [0.15, 0.2) is 5.43 Å². The third kappa shape index (κ3) is 2.57. The molecule has 1 aliphatic carbocycles. The minimum Gasteiger partial charge on any atom is -0.364 e. The van der Waals surface area contributed by atoms with E-state index in [-0.39, 0.29) is 22.4 Å². The van der Waals surface area contributed by atoms with Gasteiger partial charge in [-0.3, -0.25) is 9.59 Å². The van der Waals surface area contributed by atoms with E-state index in [0.29, 0.717) is 0 Å². The van der Waals surface area contributed by atoms with Crippen LogP contribution in [0.4, 0.5) is 0 Å². The van der Waals surface area contributed by atoms with E-state index in [9.17, 15) is 9.59 Å². The minimum absolute atomic E-state index is 0.144. The van der Waals surface area contributed by atoms with Gasteiger partial charge in [0.25, 0.3) is 5.91 Å². The Morgan fingerprint density at radius 2 is 2.06 bits per heavy atom. The maximum Gasteiger partial charge on any atom is 0.257 e. The molecule has 0 radical (unpaired) electrons. The van der Waals surface area contributed by atoms with Crippen LogP contribution in [-0.2, 0) is 0 Å². The van der Waals surface area contributed by atoms with Crippen LogP contribution in [-0.4, -0.2) is 16.4 Å². The van der Waals surface area contributed by atoms with Crippen molar-refractivity contribution in [3.05, 3.63) is 33.7 Å². The molecular formula is C13H18N2O2. The van der Waals surface area contributed by atoms with Crippen molar-refractivity contribution < 1.29 is 4.79 Å². The highest BCUT2D eigenvalue weighted by Crippen LogP contribution is 2.28. The molecule has 1 aromatic heterocycles. The van der Waals surface area contributed by atoms with Crippen LogP contribution in [0.5, 0.6) is 0 Å². The zero-order chi connectivity index (χ0) is 12.5. The Balaban J connectivity index is 2.17. The van der Waals surface area contributed by atoms with Crippen LogP contribution in [0.15, 0.2) is 17.1 Å². The number of amides is 1. The second-order valence-corrected chi connectivity index (χ2v) is 5.12. The van der Waals surface area contributed by atoms with Crippen molar-refractivity contribution in [3.8, 4) is 0 Å². The van der Waals surface area contributed by atoms with Crippen LogP contribution in [0, 0.1) is 6.92 Å². The van der Waals surface area contributed by atoms with Gasteiger partial charge in [0.05, 0.1) is 0 Å². The Labute approximate surface area is 100 Å². The summed E-state index contributed by atoms with van der Waals surface area (Å²) in [6.45, 7) is 3.83. The molecule has 1 fully saturated rings. The van der Waals surface area contributed by atoms with Crippen LogP contribution in [0.25, 0.3) is 0 Å². The Morgan fingerprint density at radius 1 is 1.41 bits per heavy atom. The van der Waals surface area contributed by atoms with Gasteiger partial charge in [-0.15, -0.1) is 0 Å². The highest BCUT2D eigenvalue weighted by atomic mass is 16.2. The Hall–Kier alpha value is -1.58. The van der Waals surface area contributed by atoms with Crippen LogP contribution in [0.2, 0.25) is 0 Å². The SMILES string of the molecule is Cc1cc(=O)c(C(=O)NC2(C)CCCC2)c[nH]1. The van der Waals surface area contributed by atoms with E-state index in [4.69, 9.17) is 0 Å².